The summed E-state index contributed by atoms with van der Waals surface area (Å²) in [4.78, 5) is 10.2. The average molecular weight is 432 g/mol. The van der Waals surface area contributed by atoms with Crippen molar-refractivity contribution in [2.24, 2.45) is 0 Å². The second kappa shape index (κ2) is 9.44. The third-order valence-electron chi connectivity index (χ3n) is 2.62. The molecule has 3 nitrogen and oxygen atoms in total. The van der Waals surface area contributed by atoms with Crippen molar-refractivity contribution in [3.8, 4) is 5.75 Å². The van der Waals surface area contributed by atoms with Crippen LogP contribution in [0.25, 0.3) is 0 Å². The van der Waals surface area contributed by atoms with Gasteiger partial charge in [-0.05, 0) is 6.07 Å². The van der Waals surface area contributed by atoms with Crippen LogP contribution in [-0.4, -0.2) is 33.8 Å². The van der Waals surface area contributed by atoms with Crippen LogP contribution in [0.4, 0.5) is 0 Å². The second-order valence-corrected chi connectivity index (χ2v) is 17.7. The first-order chi connectivity index (χ1) is 8.06. The van der Waals surface area contributed by atoms with Crippen molar-refractivity contribution in [3.63, 3.8) is 0 Å². The van der Waals surface area contributed by atoms with E-state index in [-0.39, 0.29) is 5.56 Å². The van der Waals surface area contributed by atoms with E-state index in [1.165, 1.54) is 24.3 Å². The van der Waals surface area contributed by atoms with E-state index in [1.807, 2.05) is 0 Å². The normalized spacial score (nSPS) is 9.65. The summed E-state index contributed by atoms with van der Waals surface area (Å²) in [6, 6.07) is 5.54. The minimum absolute atomic E-state index is 0.178. The zero-order valence-electron chi connectivity index (χ0n) is 10.7. The minimum atomic E-state index is -1.18. The van der Waals surface area contributed by atoms with Gasteiger partial charge in [-0.2, -0.15) is 0 Å². The van der Waals surface area contributed by atoms with Gasteiger partial charge in [0.1, 0.15) is 0 Å². The Morgan fingerprint density at radius 1 is 1.18 bits per heavy atom. The molecule has 1 radical (unpaired) electrons. The summed E-state index contributed by atoms with van der Waals surface area (Å²) in [6.07, 6.45) is 0. The van der Waals surface area contributed by atoms with Crippen LogP contribution in [0.5, 0.6) is 5.75 Å². The Bertz CT molecular complexity index is 330. The molecule has 95 valence electrons. The monoisotopic (exact) mass is 432 g/mol. The maximum absolute atomic E-state index is 10.7. The molecule has 0 saturated carbocycles. The first kappa shape index (κ1) is 16.4. The van der Waals surface area contributed by atoms with Gasteiger partial charge in [-0.15, -0.1) is 0 Å². The van der Waals surface area contributed by atoms with E-state index in [2.05, 4.69) is 20.8 Å². The van der Waals surface area contributed by atoms with Crippen LogP contribution in [0.3, 0.4) is 0 Å². The summed E-state index contributed by atoms with van der Waals surface area (Å²) < 4.78 is 4.70. The van der Waals surface area contributed by atoms with E-state index in [1.54, 1.807) is 11.9 Å². The maximum Gasteiger partial charge on any atom is 0.335 e. The number of aromatic carboxylic acids is 1. The molecule has 0 aliphatic heterocycles. The molecule has 0 aromatic heterocycles. The molecule has 0 amide bonds. The quantitative estimate of drug-likeness (QED) is 0.746. The van der Waals surface area contributed by atoms with Gasteiger partial charge in [0, 0.05) is 0 Å². The average Bonchev–Trinajstić information content (AvgIpc) is 2.32. The van der Waals surface area contributed by atoms with Crippen LogP contribution in [0, 0.1) is 0 Å². The van der Waals surface area contributed by atoms with Crippen molar-refractivity contribution >= 4 is 28.7 Å². The molecule has 4 heteroatoms. The Hall–Kier alpha value is -0.588. The molecular formula is C13H20O3Pb-. The molecule has 17 heavy (non-hydrogen) atoms. The number of benzene rings is 1. The van der Waals surface area contributed by atoms with E-state index in [4.69, 9.17) is 5.11 Å². The fourth-order valence-electron chi connectivity index (χ4n) is 1.39. The van der Waals surface area contributed by atoms with Gasteiger partial charge in [-0.3, -0.25) is 0 Å². The molecule has 1 N–H and O–H groups in total. The molecule has 0 fully saturated rings. The third kappa shape index (κ3) is 6.65. The molecule has 1 rings (SSSR count). The molecule has 1 aromatic rings. The van der Waals surface area contributed by atoms with Crippen molar-refractivity contribution in [2.45, 2.75) is 32.7 Å². The summed E-state index contributed by atoms with van der Waals surface area (Å²) in [5.41, 5.74) is -0.178. The van der Waals surface area contributed by atoms with E-state index >= 15 is 0 Å². The minimum Gasteiger partial charge on any atom is -0.872 e. The molecule has 0 aliphatic rings. The van der Waals surface area contributed by atoms with Gasteiger partial charge in [0.15, 0.2) is 0 Å². The predicted molar refractivity (Wildman–Crippen MR) is 70.0 cm³/mol. The summed E-state index contributed by atoms with van der Waals surface area (Å²) in [5, 5.41) is 19.0. The number of carboxylic acid groups (broad SMARTS) is 1. The van der Waals surface area contributed by atoms with E-state index in [0.717, 1.165) is 0 Å². The van der Waals surface area contributed by atoms with Crippen molar-refractivity contribution in [1.29, 1.82) is 0 Å². The predicted octanol–water partition coefficient (Wildman–Crippen LogP) is 3.00. The molecule has 0 heterocycles. The van der Waals surface area contributed by atoms with Crippen LogP contribution < -0.4 is 5.11 Å². The van der Waals surface area contributed by atoms with Gasteiger partial charge in [-0.25, -0.2) is 4.79 Å². The van der Waals surface area contributed by atoms with Crippen LogP contribution in [0.15, 0.2) is 24.3 Å². The summed E-state index contributed by atoms with van der Waals surface area (Å²) >= 11 is -0.789. The van der Waals surface area contributed by atoms with E-state index in [0.29, 0.717) is 0 Å². The molecular weight excluding hydrogens is 411 g/mol. The van der Waals surface area contributed by atoms with Crippen LogP contribution in [-0.2, 0) is 0 Å². The third-order valence-corrected chi connectivity index (χ3v) is 14.3. The molecule has 0 unspecified atom stereocenters. The van der Waals surface area contributed by atoms with Gasteiger partial charge < -0.3 is 10.2 Å². The summed E-state index contributed by atoms with van der Waals surface area (Å²) in [6.45, 7) is 7.07. The van der Waals surface area contributed by atoms with Crippen LogP contribution in [0.2, 0.25) is 11.9 Å². The van der Waals surface area contributed by atoms with Crippen molar-refractivity contribution in [2.75, 3.05) is 0 Å². The number of hydrogen-bond acceptors (Lipinski definition) is 2. The SMILES string of the molecule is C[CH2][Pb]([CH2]C)[CH2]C.O=C(O)c1ccccc1[O-]. The summed E-state index contributed by atoms with van der Waals surface area (Å²) in [7, 11) is 0. The fourth-order valence-corrected chi connectivity index (χ4v) is 7.22. The summed E-state index contributed by atoms with van der Waals surface area (Å²) in [5.74, 6) is -1.62. The zero-order chi connectivity index (χ0) is 13.3. The number of carbonyl (C=O) groups is 1. The molecule has 0 spiro atoms. The number of hydrogen-bond donors (Lipinski definition) is 1. The van der Waals surface area contributed by atoms with E-state index in [9.17, 15) is 9.90 Å². The molecule has 0 saturated heterocycles. The Balaban J connectivity index is 0.000000325. The second-order valence-electron chi connectivity index (χ2n) is 3.61. The first-order valence-electron chi connectivity index (χ1n) is 5.89. The number of rotatable bonds is 4. The van der Waals surface area contributed by atoms with Crippen molar-refractivity contribution in [3.05, 3.63) is 29.8 Å². The Kier molecular flexibility index (Phi) is 9.12. The Labute approximate surface area is 112 Å². The van der Waals surface area contributed by atoms with E-state index < -0.39 is 34.4 Å². The van der Waals surface area contributed by atoms with Crippen LogP contribution in [0.1, 0.15) is 31.1 Å². The van der Waals surface area contributed by atoms with Crippen LogP contribution >= 0.6 is 0 Å². The number of para-hydroxylation sites is 1. The van der Waals surface area contributed by atoms with Crippen molar-refractivity contribution in [1.82, 2.24) is 0 Å². The molecule has 0 bridgehead atoms. The number of carboxylic acids is 1. The van der Waals surface area contributed by atoms with Gasteiger partial charge in [-0.1, -0.05) is 23.9 Å². The van der Waals surface area contributed by atoms with Gasteiger partial charge in [0.25, 0.3) is 0 Å². The van der Waals surface area contributed by atoms with Crippen molar-refractivity contribution < 1.29 is 15.0 Å². The smallest absolute Gasteiger partial charge is 0.335 e. The Morgan fingerprint density at radius 3 is 1.88 bits per heavy atom. The largest absolute Gasteiger partial charge is 0.872 e. The maximum atomic E-state index is 10.7. The van der Waals surface area contributed by atoms with Gasteiger partial charge in [0.05, 0.1) is 5.56 Å². The zero-order valence-corrected chi connectivity index (χ0v) is 14.6. The molecule has 1 aromatic carbocycles. The topological polar surface area (TPSA) is 60.4 Å². The van der Waals surface area contributed by atoms with Gasteiger partial charge >= 0.3 is 61.4 Å². The first-order valence-corrected chi connectivity index (χ1v) is 14.1. The molecule has 0 atom stereocenters. The molecule has 0 aliphatic carbocycles. The fraction of sp³-hybridized carbons (Fsp3) is 0.462. The van der Waals surface area contributed by atoms with Gasteiger partial charge in [0.2, 0.25) is 0 Å². The standard InChI is InChI=1S/C7H6O3.3C2H5.Pb/c8-6-4-2-1-3-5(6)7(9)10;3*1-2;/h1-4,8H,(H,9,10);3*1H2,2H3;/p-1. The Morgan fingerprint density at radius 2 is 1.65 bits per heavy atom.